The Morgan fingerprint density at radius 2 is 2.21 bits per heavy atom. The maximum atomic E-state index is 12.7. The predicted molar refractivity (Wildman–Crippen MR) is 83.4 cm³/mol. The standard InChI is InChI=1S/C14H21BrN2OS/c1-9(12-6-7-13(15)19-12)14(18)17-8-4-3-5-11(17)10(2)16/h6-7,9-11H,3-5,8,16H2,1-2H3. The minimum atomic E-state index is -0.0735. The van der Waals surface area contributed by atoms with E-state index in [0.29, 0.717) is 0 Å². The molecule has 0 spiro atoms. The summed E-state index contributed by atoms with van der Waals surface area (Å²) in [5.74, 6) is 0.145. The Labute approximate surface area is 127 Å². The van der Waals surface area contributed by atoms with E-state index in [2.05, 4.69) is 15.9 Å². The first-order valence-corrected chi connectivity index (χ1v) is 8.43. The molecule has 3 unspecified atom stereocenters. The molecule has 0 bridgehead atoms. The molecule has 19 heavy (non-hydrogen) atoms. The number of thiophene rings is 1. The van der Waals surface area contributed by atoms with E-state index in [1.807, 2.05) is 30.9 Å². The lowest BCUT2D eigenvalue weighted by atomic mass is 9.95. The number of hydrogen-bond acceptors (Lipinski definition) is 3. The number of piperidine rings is 1. The van der Waals surface area contributed by atoms with Crippen molar-refractivity contribution in [3.8, 4) is 0 Å². The number of hydrogen-bond donors (Lipinski definition) is 1. The van der Waals surface area contributed by atoms with Crippen LogP contribution in [0.5, 0.6) is 0 Å². The first-order valence-electron chi connectivity index (χ1n) is 6.82. The lowest BCUT2D eigenvalue weighted by Gasteiger charge is -2.39. The van der Waals surface area contributed by atoms with Gasteiger partial charge in [0.2, 0.25) is 5.91 Å². The summed E-state index contributed by atoms with van der Waals surface area (Å²) in [6.07, 6.45) is 3.30. The van der Waals surface area contributed by atoms with E-state index in [-0.39, 0.29) is 23.9 Å². The van der Waals surface area contributed by atoms with Crippen LogP contribution in [0.2, 0.25) is 0 Å². The number of rotatable bonds is 3. The van der Waals surface area contributed by atoms with E-state index in [1.54, 1.807) is 11.3 Å². The van der Waals surface area contributed by atoms with Crippen LogP contribution in [0.25, 0.3) is 0 Å². The van der Waals surface area contributed by atoms with Crippen LogP contribution in [-0.4, -0.2) is 29.4 Å². The van der Waals surface area contributed by atoms with Crippen LogP contribution in [0.1, 0.15) is 43.9 Å². The summed E-state index contributed by atoms with van der Waals surface area (Å²) in [4.78, 5) is 15.8. The normalized spacial score (nSPS) is 23.2. The molecule has 0 radical (unpaired) electrons. The second-order valence-electron chi connectivity index (χ2n) is 5.32. The van der Waals surface area contributed by atoms with Crippen molar-refractivity contribution in [3.05, 3.63) is 20.8 Å². The molecular formula is C14H21BrN2OS. The Bertz CT molecular complexity index is 446. The maximum absolute atomic E-state index is 12.7. The van der Waals surface area contributed by atoms with Crippen molar-refractivity contribution in [2.45, 2.75) is 51.1 Å². The van der Waals surface area contributed by atoms with Gasteiger partial charge >= 0.3 is 0 Å². The zero-order chi connectivity index (χ0) is 14.0. The molecule has 106 valence electrons. The molecule has 1 aliphatic heterocycles. The Kier molecular flexibility index (Phi) is 5.03. The van der Waals surface area contributed by atoms with Gasteiger partial charge < -0.3 is 10.6 Å². The highest BCUT2D eigenvalue weighted by Crippen LogP contribution is 2.31. The summed E-state index contributed by atoms with van der Waals surface area (Å²) in [5.41, 5.74) is 6.04. The Hall–Kier alpha value is -0.390. The molecule has 2 rings (SSSR count). The van der Waals surface area contributed by atoms with Gasteiger partial charge in [0, 0.05) is 23.5 Å². The van der Waals surface area contributed by atoms with Crippen molar-refractivity contribution < 1.29 is 4.79 Å². The molecule has 0 saturated carbocycles. The van der Waals surface area contributed by atoms with Gasteiger partial charge in [0.05, 0.1) is 9.70 Å². The fourth-order valence-electron chi connectivity index (χ4n) is 2.71. The van der Waals surface area contributed by atoms with E-state index in [1.165, 1.54) is 6.42 Å². The summed E-state index contributed by atoms with van der Waals surface area (Å²) in [5, 5.41) is 0. The molecular weight excluding hydrogens is 324 g/mol. The number of amides is 1. The van der Waals surface area contributed by atoms with Gasteiger partial charge in [0.1, 0.15) is 0 Å². The third kappa shape index (κ3) is 3.38. The molecule has 1 aliphatic rings. The van der Waals surface area contributed by atoms with Crippen molar-refractivity contribution in [2.24, 2.45) is 5.73 Å². The zero-order valence-electron chi connectivity index (χ0n) is 11.4. The van der Waals surface area contributed by atoms with Crippen molar-refractivity contribution in [3.63, 3.8) is 0 Å². The number of nitrogens with zero attached hydrogens (tertiary/aromatic N) is 1. The van der Waals surface area contributed by atoms with E-state index < -0.39 is 0 Å². The summed E-state index contributed by atoms with van der Waals surface area (Å²) in [7, 11) is 0. The van der Waals surface area contributed by atoms with Crippen LogP contribution >= 0.6 is 27.3 Å². The molecule has 1 fully saturated rings. The van der Waals surface area contributed by atoms with Crippen LogP contribution < -0.4 is 5.73 Å². The summed E-state index contributed by atoms with van der Waals surface area (Å²) in [6, 6.07) is 4.28. The molecule has 1 aromatic heterocycles. The van der Waals surface area contributed by atoms with Crippen molar-refractivity contribution in [1.29, 1.82) is 0 Å². The lowest BCUT2D eigenvalue weighted by molar-refractivity contribution is -0.136. The molecule has 2 heterocycles. The van der Waals surface area contributed by atoms with Gasteiger partial charge in [-0.05, 0) is 61.2 Å². The maximum Gasteiger partial charge on any atom is 0.230 e. The van der Waals surface area contributed by atoms with Crippen molar-refractivity contribution in [1.82, 2.24) is 4.90 Å². The van der Waals surface area contributed by atoms with Crippen LogP contribution in [0.4, 0.5) is 0 Å². The average molecular weight is 345 g/mol. The zero-order valence-corrected chi connectivity index (χ0v) is 13.8. The van der Waals surface area contributed by atoms with Crippen molar-refractivity contribution >= 4 is 33.2 Å². The van der Waals surface area contributed by atoms with Gasteiger partial charge in [0.15, 0.2) is 0 Å². The fourth-order valence-corrected chi connectivity index (χ4v) is 4.18. The highest BCUT2D eigenvalue weighted by atomic mass is 79.9. The molecule has 1 aromatic rings. The molecule has 0 aromatic carbocycles. The Morgan fingerprint density at radius 3 is 2.79 bits per heavy atom. The van der Waals surface area contributed by atoms with Gasteiger partial charge in [-0.15, -0.1) is 11.3 Å². The summed E-state index contributed by atoms with van der Waals surface area (Å²) < 4.78 is 1.07. The number of likely N-dealkylation sites (tertiary alicyclic amines) is 1. The van der Waals surface area contributed by atoms with Crippen LogP contribution in [0.3, 0.4) is 0 Å². The lowest BCUT2D eigenvalue weighted by Crippen LogP contribution is -2.52. The van der Waals surface area contributed by atoms with E-state index in [0.717, 1.165) is 28.0 Å². The Balaban J connectivity index is 2.12. The predicted octanol–water partition coefficient (Wildman–Crippen LogP) is 3.34. The van der Waals surface area contributed by atoms with E-state index >= 15 is 0 Å². The average Bonchev–Trinajstić information content (AvgIpc) is 2.83. The highest BCUT2D eigenvalue weighted by molar-refractivity contribution is 9.11. The number of carbonyl (C=O) groups excluding carboxylic acids is 1. The Morgan fingerprint density at radius 1 is 1.47 bits per heavy atom. The fraction of sp³-hybridized carbons (Fsp3) is 0.643. The van der Waals surface area contributed by atoms with Crippen LogP contribution in [0, 0.1) is 0 Å². The molecule has 2 N–H and O–H groups in total. The van der Waals surface area contributed by atoms with E-state index in [4.69, 9.17) is 5.73 Å². The van der Waals surface area contributed by atoms with Gasteiger partial charge in [0.25, 0.3) is 0 Å². The van der Waals surface area contributed by atoms with Gasteiger partial charge in [-0.2, -0.15) is 0 Å². The van der Waals surface area contributed by atoms with Gasteiger partial charge in [-0.25, -0.2) is 0 Å². The SMILES string of the molecule is CC(C(=O)N1CCCCC1C(C)N)c1ccc(Br)s1. The number of halogens is 1. The second-order valence-corrected chi connectivity index (χ2v) is 7.81. The highest BCUT2D eigenvalue weighted by Gasteiger charge is 2.32. The first kappa shape index (κ1) is 15.0. The minimum absolute atomic E-state index is 0.0477. The third-order valence-corrected chi connectivity index (χ3v) is 5.64. The molecule has 3 atom stereocenters. The number of nitrogens with two attached hydrogens (primary N) is 1. The molecule has 3 nitrogen and oxygen atoms in total. The summed E-state index contributed by atoms with van der Waals surface area (Å²) >= 11 is 5.09. The van der Waals surface area contributed by atoms with Crippen LogP contribution in [-0.2, 0) is 4.79 Å². The third-order valence-electron chi connectivity index (χ3n) is 3.83. The number of carbonyl (C=O) groups is 1. The van der Waals surface area contributed by atoms with Gasteiger partial charge in [-0.1, -0.05) is 0 Å². The molecule has 1 saturated heterocycles. The second kappa shape index (κ2) is 6.37. The molecule has 0 aliphatic carbocycles. The minimum Gasteiger partial charge on any atom is -0.338 e. The van der Waals surface area contributed by atoms with Crippen LogP contribution in [0.15, 0.2) is 15.9 Å². The smallest absolute Gasteiger partial charge is 0.230 e. The largest absolute Gasteiger partial charge is 0.338 e. The monoisotopic (exact) mass is 344 g/mol. The van der Waals surface area contributed by atoms with Gasteiger partial charge in [-0.3, -0.25) is 4.79 Å². The van der Waals surface area contributed by atoms with Crippen molar-refractivity contribution in [2.75, 3.05) is 6.54 Å². The summed E-state index contributed by atoms with van der Waals surface area (Å²) in [6.45, 7) is 4.85. The topological polar surface area (TPSA) is 46.3 Å². The first-order chi connectivity index (χ1) is 9.00. The molecule has 1 amide bonds. The van der Waals surface area contributed by atoms with E-state index in [9.17, 15) is 4.79 Å². The molecule has 5 heteroatoms. The quantitative estimate of drug-likeness (QED) is 0.913.